The predicted molar refractivity (Wildman–Crippen MR) is 85.5 cm³/mol. The van der Waals surface area contributed by atoms with Crippen molar-refractivity contribution in [3.8, 4) is 17.6 Å². The number of nitrogens with one attached hydrogen (secondary N) is 1. The second-order valence-electron chi connectivity index (χ2n) is 4.69. The molecule has 0 saturated carbocycles. The van der Waals surface area contributed by atoms with Crippen molar-refractivity contribution in [3.63, 3.8) is 0 Å². The zero-order chi connectivity index (χ0) is 15.5. The van der Waals surface area contributed by atoms with E-state index in [4.69, 9.17) is 14.7 Å². The Labute approximate surface area is 127 Å². The molecule has 0 aliphatic carbocycles. The molecule has 4 nitrogen and oxygen atoms in total. The minimum absolute atomic E-state index is 0.0205. The van der Waals surface area contributed by atoms with Crippen LogP contribution < -0.4 is 14.8 Å². The van der Waals surface area contributed by atoms with Gasteiger partial charge >= 0.3 is 0 Å². The van der Waals surface area contributed by atoms with Gasteiger partial charge in [-0.2, -0.15) is 5.26 Å². The van der Waals surface area contributed by atoms with Crippen molar-refractivity contribution in [2.75, 3.05) is 26.8 Å². The molecule has 0 bridgehead atoms. The third-order valence-electron chi connectivity index (χ3n) is 3.08. The summed E-state index contributed by atoms with van der Waals surface area (Å²) in [6.45, 7) is 6.27. The first-order valence-corrected chi connectivity index (χ1v) is 7.33. The number of nitriles is 1. The van der Waals surface area contributed by atoms with E-state index in [-0.39, 0.29) is 6.61 Å². The van der Waals surface area contributed by atoms with E-state index in [0.717, 1.165) is 31.5 Å². The van der Waals surface area contributed by atoms with Crippen molar-refractivity contribution in [1.82, 2.24) is 5.32 Å². The van der Waals surface area contributed by atoms with Crippen LogP contribution in [0.1, 0.15) is 32.3 Å². The first-order valence-electron chi connectivity index (χ1n) is 7.33. The topological polar surface area (TPSA) is 54.3 Å². The molecule has 0 aliphatic heterocycles. The van der Waals surface area contributed by atoms with Crippen LogP contribution in [0.5, 0.6) is 11.5 Å². The van der Waals surface area contributed by atoms with Crippen LogP contribution in [-0.2, 0) is 0 Å². The Morgan fingerprint density at radius 3 is 2.76 bits per heavy atom. The zero-order valence-corrected chi connectivity index (χ0v) is 13.1. The van der Waals surface area contributed by atoms with Crippen molar-refractivity contribution in [2.45, 2.75) is 26.7 Å². The molecule has 0 fully saturated rings. The van der Waals surface area contributed by atoms with Crippen LogP contribution in [0.25, 0.3) is 6.08 Å². The molecule has 1 aromatic carbocycles. The fraction of sp³-hybridized carbons (Fsp3) is 0.471. The number of ether oxygens (including phenoxy) is 2. The number of methoxy groups -OCH3 is 1. The van der Waals surface area contributed by atoms with E-state index in [1.165, 1.54) is 5.57 Å². The molecule has 0 aromatic heterocycles. The maximum absolute atomic E-state index is 8.57. The van der Waals surface area contributed by atoms with Gasteiger partial charge in [0, 0.05) is 6.54 Å². The molecule has 114 valence electrons. The number of hydrogen-bond donors (Lipinski definition) is 1. The van der Waals surface area contributed by atoms with Crippen LogP contribution in [0, 0.1) is 11.3 Å². The third-order valence-corrected chi connectivity index (χ3v) is 3.08. The Hall–Kier alpha value is -1.99. The second-order valence-corrected chi connectivity index (χ2v) is 4.69. The molecule has 4 heteroatoms. The van der Waals surface area contributed by atoms with Crippen LogP contribution in [-0.4, -0.2) is 26.8 Å². The highest BCUT2D eigenvalue weighted by molar-refractivity contribution is 5.58. The first kappa shape index (κ1) is 17.1. The van der Waals surface area contributed by atoms with Crippen molar-refractivity contribution < 1.29 is 9.47 Å². The molecule has 1 N–H and O–H groups in total. The van der Waals surface area contributed by atoms with Gasteiger partial charge in [0.2, 0.25) is 0 Å². The van der Waals surface area contributed by atoms with Crippen LogP contribution in [0.15, 0.2) is 23.8 Å². The van der Waals surface area contributed by atoms with Gasteiger partial charge in [-0.15, -0.1) is 0 Å². The van der Waals surface area contributed by atoms with Gasteiger partial charge in [-0.1, -0.05) is 31.6 Å². The molecule has 0 spiro atoms. The van der Waals surface area contributed by atoms with Gasteiger partial charge in [0.05, 0.1) is 7.11 Å². The lowest BCUT2D eigenvalue weighted by Gasteiger charge is -2.10. The monoisotopic (exact) mass is 288 g/mol. The normalized spacial score (nSPS) is 11.0. The Balaban J connectivity index is 2.84. The molecule has 0 aliphatic rings. The number of hydrogen-bond acceptors (Lipinski definition) is 4. The third kappa shape index (κ3) is 5.88. The standard InChI is InChI=1S/C17H24N2O2/c1-4-9-19-13-14(5-2)11-15-6-7-16(21-10-8-18)17(12-15)20-3/h6-7,11-12,19H,4-5,9-10,13H2,1-3H3. The molecule has 21 heavy (non-hydrogen) atoms. The lowest BCUT2D eigenvalue weighted by Crippen LogP contribution is -2.17. The number of rotatable bonds is 9. The lowest BCUT2D eigenvalue weighted by molar-refractivity contribution is 0.329. The van der Waals surface area contributed by atoms with Crippen molar-refractivity contribution in [1.29, 1.82) is 5.26 Å². The van der Waals surface area contributed by atoms with Gasteiger partial charge in [0.1, 0.15) is 6.07 Å². The van der Waals surface area contributed by atoms with E-state index in [1.54, 1.807) is 7.11 Å². The van der Waals surface area contributed by atoms with Crippen molar-refractivity contribution in [3.05, 3.63) is 29.3 Å². The Morgan fingerprint density at radius 1 is 1.33 bits per heavy atom. The quantitative estimate of drug-likeness (QED) is 0.708. The number of nitrogens with zero attached hydrogens (tertiary/aromatic N) is 1. The summed E-state index contributed by atoms with van der Waals surface area (Å²) in [7, 11) is 1.60. The fourth-order valence-corrected chi connectivity index (χ4v) is 1.94. The predicted octanol–water partition coefficient (Wildman–Crippen LogP) is 3.39. The van der Waals surface area contributed by atoms with Crippen LogP contribution in [0.4, 0.5) is 0 Å². The molecule has 0 saturated heterocycles. The highest BCUT2D eigenvalue weighted by Crippen LogP contribution is 2.29. The Morgan fingerprint density at radius 2 is 2.14 bits per heavy atom. The highest BCUT2D eigenvalue weighted by atomic mass is 16.5. The molecular formula is C17H24N2O2. The summed E-state index contributed by atoms with van der Waals surface area (Å²) in [5, 5.41) is 12.0. The summed E-state index contributed by atoms with van der Waals surface area (Å²) in [4.78, 5) is 0. The van der Waals surface area contributed by atoms with E-state index < -0.39 is 0 Å². The van der Waals surface area contributed by atoms with Gasteiger partial charge in [0.15, 0.2) is 18.1 Å². The average molecular weight is 288 g/mol. The van der Waals surface area contributed by atoms with Gasteiger partial charge in [-0.05, 0) is 37.1 Å². The van der Waals surface area contributed by atoms with E-state index in [2.05, 4.69) is 25.2 Å². The van der Waals surface area contributed by atoms with Crippen LogP contribution >= 0.6 is 0 Å². The maximum atomic E-state index is 8.57. The van der Waals surface area contributed by atoms with Gasteiger partial charge in [0.25, 0.3) is 0 Å². The smallest absolute Gasteiger partial charge is 0.174 e. The second kappa shape index (κ2) is 9.84. The van der Waals surface area contributed by atoms with Gasteiger partial charge in [-0.3, -0.25) is 0 Å². The van der Waals surface area contributed by atoms with Crippen molar-refractivity contribution >= 4 is 6.08 Å². The summed E-state index contributed by atoms with van der Waals surface area (Å²) in [5.74, 6) is 1.24. The number of benzene rings is 1. The fourth-order valence-electron chi connectivity index (χ4n) is 1.94. The Kier molecular flexibility index (Phi) is 8.00. The van der Waals surface area contributed by atoms with Gasteiger partial charge < -0.3 is 14.8 Å². The van der Waals surface area contributed by atoms with E-state index in [9.17, 15) is 0 Å². The Bertz CT molecular complexity index is 504. The molecule has 1 rings (SSSR count). The summed E-state index contributed by atoms with van der Waals surface area (Å²) in [6, 6.07) is 7.71. The molecule has 1 aromatic rings. The summed E-state index contributed by atoms with van der Waals surface area (Å²) < 4.78 is 10.6. The molecule has 0 unspecified atom stereocenters. The highest BCUT2D eigenvalue weighted by Gasteiger charge is 2.05. The maximum Gasteiger partial charge on any atom is 0.174 e. The van der Waals surface area contributed by atoms with Crippen molar-refractivity contribution in [2.24, 2.45) is 0 Å². The molecule has 0 radical (unpaired) electrons. The van der Waals surface area contributed by atoms with E-state index in [1.807, 2.05) is 24.3 Å². The summed E-state index contributed by atoms with van der Waals surface area (Å²) in [5.41, 5.74) is 2.42. The molecule has 0 atom stereocenters. The molecule has 0 heterocycles. The van der Waals surface area contributed by atoms with Gasteiger partial charge in [-0.25, -0.2) is 0 Å². The summed E-state index contributed by atoms with van der Waals surface area (Å²) >= 11 is 0. The van der Waals surface area contributed by atoms with Crippen LogP contribution in [0.2, 0.25) is 0 Å². The first-order chi connectivity index (χ1) is 10.2. The zero-order valence-electron chi connectivity index (χ0n) is 13.1. The average Bonchev–Trinajstić information content (AvgIpc) is 2.52. The van der Waals surface area contributed by atoms with Crippen LogP contribution in [0.3, 0.4) is 0 Å². The molecular weight excluding hydrogens is 264 g/mol. The van der Waals surface area contributed by atoms with E-state index >= 15 is 0 Å². The minimum atomic E-state index is 0.0205. The largest absolute Gasteiger partial charge is 0.493 e. The molecule has 0 amide bonds. The minimum Gasteiger partial charge on any atom is -0.493 e. The summed E-state index contributed by atoms with van der Waals surface area (Å²) in [6.07, 6.45) is 4.31. The lowest BCUT2D eigenvalue weighted by atomic mass is 10.1. The SMILES string of the molecule is CCCNCC(=Cc1ccc(OCC#N)c(OC)c1)CC. The van der Waals surface area contributed by atoms with E-state index in [0.29, 0.717) is 11.5 Å².